The molecule has 100 valence electrons. The van der Waals surface area contributed by atoms with Crippen LogP contribution in [0.3, 0.4) is 0 Å². The predicted molar refractivity (Wildman–Crippen MR) is 71.9 cm³/mol. The van der Waals surface area contributed by atoms with Crippen LogP contribution in [0.4, 0.5) is 10.9 Å². The Morgan fingerprint density at radius 3 is 3.00 bits per heavy atom. The SMILES string of the molecule is COCCNc1nc(N)c(C(=O)NC2CC2C)s1. The molecule has 0 radical (unpaired) electrons. The third-order valence-corrected chi connectivity index (χ3v) is 3.90. The van der Waals surface area contributed by atoms with Crippen LogP contribution in [0.1, 0.15) is 23.0 Å². The minimum atomic E-state index is -0.126. The molecule has 2 unspecified atom stereocenters. The zero-order chi connectivity index (χ0) is 13.1. The van der Waals surface area contributed by atoms with Crippen molar-refractivity contribution in [2.24, 2.45) is 5.92 Å². The van der Waals surface area contributed by atoms with Crippen LogP contribution < -0.4 is 16.4 Å². The zero-order valence-corrected chi connectivity index (χ0v) is 11.3. The summed E-state index contributed by atoms with van der Waals surface area (Å²) in [6, 6.07) is 0.295. The summed E-state index contributed by atoms with van der Waals surface area (Å²) in [7, 11) is 1.63. The molecule has 7 heteroatoms. The molecule has 1 heterocycles. The van der Waals surface area contributed by atoms with Gasteiger partial charge in [-0.1, -0.05) is 18.3 Å². The number of hydrogen-bond donors (Lipinski definition) is 3. The van der Waals surface area contributed by atoms with Crippen LogP contribution in [0.15, 0.2) is 0 Å². The maximum atomic E-state index is 11.9. The number of carbonyl (C=O) groups excluding carboxylic acids is 1. The molecule has 18 heavy (non-hydrogen) atoms. The van der Waals surface area contributed by atoms with Crippen molar-refractivity contribution in [3.8, 4) is 0 Å². The highest BCUT2D eigenvalue weighted by Crippen LogP contribution is 2.31. The van der Waals surface area contributed by atoms with Crippen molar-refractivity contribution < 1.29 is 9.53 Å². The molecular weight excluding hydrogens is 252 g/mol. The average molecular weight is 270 g/mol. The molecule has 1 amide bonds. The Morgan fingerprint density at radius 1 is 1.67 bits per heavy atom. The molecule has 1 aliphatic rings. The topological polar surface area (TPSA) is 89.3 Å². The summed E-state index contributed by atoms with van der Waals surface area (Å²) < 4.78 is 4.92. The number of carbonyl (C=O) groups is 1. The second-order valence-electron chi connectivity index (χ2n) is 4.45. The van der Waals surface area contributed by atoms with E-state index in [1.54, 1.807) is 7.11 Å². The predicted octanol–water partition coefficient (Wildman–Crippen LogP) is 0.922. The van der Waals surface area contributed by atoms with E-state index in [2.05, 4.69) is 22.5 Å². The van der Waals surface area contributed by atoms with Crippen LogP contribution >= 0.6 is 11.3 Å². The highest BCUT2D eigenvalue weighted by molar-refractivity contribution is 7.18. The number of amides is 1. The highest BCUT2D eigenvalue weighted by Gasteiger charge is 2.34. The van der Waals surface area contributed by atoms with E-state index in [0.717, 1.165) is 6.42 Å². The number of thiazole rings is 1. The van der Waals surface area contributed by atoms with E-state index < -0.39 is 0 Å². The lowest BCUT2D eigenvalue weighted by atomic mass is 10.4. The Balaban J connectivity index is 1.93. The van der Waals surface area contributed by atoms with Gasteiger partial charge in [0.25, 0.3) is 5.91 Å². The van der Waals surface area contributed by atoms with Crippen LogP contribution in [-0.4, -0.2) is 37.2 Å². The van der Waals surface area contributed by atoms with Crippen molar-refractivity contribution in [3.63, 3.8) is 0 Å². The normalized spacial score (nSPS) is 21.7. The summed E-state index contributed by atoms with van der Waals surface area (Å²) >= 11 is 1.27. The maximum Gasteiger partial charge on any atom is 0.265 e. The zero-order valence-electron chi connectivity index (χ0n) is 10.5. The van der Waals surface area contributed by atoms with Crippen molar-refractivity contribution >= 4 is 28.2 Å². The summed E-state index contributed by atoms with van der Waals surface area (Å²) in [4.78, 5) is 16.5. The molecule has 0 spiro atoms. The fourth-order valence-corrected chi connectivity index (χ4v) is 2.40. The third kappa shape index (κ3) is 3.11. The Kier molecular flexibility index (Phi) is 4.03. The van der Waals surface area contributed by atoms with Crippen LogP contribution in [0.2, 0.25) is 0 Å². The summed E-state index contributed by atoms with van der Waals surface area (Å²) in [5.41, 5.74) is 5.74. The van der Waals surface area contributed by atoms with Gasteiger partial charge < -0.3 is 21.1 Å². The number of rotatable bonds is 6. The molecular formula is C11H18N4O2S. The van der Waals surface area contributed by atoms with Crippen molar-refractivity contribution in [1.29, 1.82) is 0 Å². The lowest BCUT2D eigenvalue weighted by Crippen LogP contribution is -2.26. The number of nitrogens with zero attached hydrogens (tertiary/aromatic N) is 1. The minimum Gasteiger partial charge on any atom is -0.383 e. The van der Waals surface area contributed by atoms with E-state index >= 15 is 0 Å². The smallest absolute Gasteiger partial charge is 0.265 e. The Morgan fingerprint density at radius 2 is 2.39 bits per heavy atom. The largest absolute Gasteiger partial charge is 0.383 e. The Labute approximate surface area is 110 Å². The van der Waals surface area contributed by atoms with E-state index in [9.17, 15) is 4.79 Å². The second kappa shape index (κ2) is 5.53. The lowest BCUT2D eigenvalue weighted by molar-refractivity contribution is 0.0954. The monoisotopic (exact) mass is 270 g/mol. The van der Waals surface area contributed by atoms with Gasteiger partial charge in [0.2, 0.25) is 0 Å². The minimum absolute atomic E-state index is 0.126. The van der Waals surface area contributed by atoms with Crippen molar-refractivity contribution in [1.82, 2.24) is 10.3 Å². The lowest BCUT2D eigenvalue weighted by Gasteiger charge is -2.01. The van der Waals surface area contributed by atoms with E-state index in [4.69, 9.17) is 10.5 Å². The fraction of sp³-hybridized carbons (Fsp3) is 0.636. The molecule has 2 rings (SSSR count). The Bertz CT molecular complexity index is 435. The maximum absolute atomic E-state index is 11.9. The van der Waals surface area contributed by atoms with Gasteiger partial charge in [0.1, 0.15) is 10.7 Å². The van der Waals surface area contributed by atoms with Crippen LogP contribution in [0.25, 0.3) is 0 Å². The summed E-state index contributed by atoms with van der Waals surface area (Å²) in [6.45, 7) is 3.34. The summed E-state index contributed by atoms with van der Waals surface area (Å²) in [6.07, 6.45) is 1.05. The van der Waals surface area contributed by atoms with Gasteiger partial charge in [0.05, 0.1) is 6.61 Å². The van der Waals surface area contributed by atoms with Gasteiger partial charge >= 0.3 is 0 Å². The van der Waals surface area contributed by atoms with E-state index in [1.807, 2.05) is 0 Å². The van der Waals surface area contributed by atoms with Gasteiger partial charge in [0, 0.05) is 19.7 Å². The molecule has 1 saturated carbocycles. The molecule has 2 atom stereocenters. The molecule has 0 aliphatic heterocycles. The quantitative estimate of drug-likeness (QED) is 0.669. The standard InChI is InChI=1S/C11H18N4O2S/c1-6-5-7(6)14-10(16)8-9(12)15-11(18-8)13-3-4-17-2/h6-7H,3-5,12H2,1-2H3,(H,13,15)(H,14,16). The van der Waals surface area contributed by atoms with Crippen LogP contribution in [0.5, 0.6) is 0 Å². The van der Waals surface area contributed by atoms with Gasteiger partial charge in [-0.3, -0.25) is 4.79 Å². The van der Waals surface area contributed by atoms with E-state index in [1.165, 1.54) is 11.3 Å². The van der Waals surface area contributed by atoms with Gasteiger partial charge in [-0.25, -0.2) is 4.98 Å². The highest BCUT2D eigenvalue weighted by atomic mass is 32.1. The first-order valence-electron chi connectivity index (χ1n) is 5.91. The number of aromatic nitrogens is 1. The number of methoxy groups -OCH3 is 1. The number of nitrogens with two attached hydrogens (primary N) is 1. The number of nitrogens with one attached hydrogen (secondary N) is 2. The number of anilines is 2. The second-order valence-corrected chi connectivity index (χ2v) is 5.44. The number of ether oxygens (including phenoxy) is 1. The molecule has 0 bridgehead atoms. The molecule has 1 aliphatic carbocycles. The van der Waals surface area contributed by atoms with Crippen LogP contribution in [-0.2, 0) is 4.74 Å². The van der Waals surface area contributed by atoms with E-state index in [-0.39, 0.29) is 11.7 Å². The molecule has 1 aromatic rings. The number of hydrogen-bond acceptors (Lipinski definition) is 6. The van der Waals surface area contributed by atoms with Crippen molar-refractivity contribution in [2.45, 2.75) is 19.4 Å². The fourth-order valence-electron chi connectivity index (χ4n) is 1.59. The molecule has 1 aromatic heterocycles. The molecule has 1 fully saturated rings. The van der Waals surface area contributed by atoms with E-state index in [0.29, 0.717) is 35.1 Å². The molecule has 6 nitrogen and oxygen atoms in total. The van der Waals surface area contributed by atoms with Gasteiger partial charge in [-0.15, -0.1) is 0 Å². The molecule has 0 aromatic carbocycles. The first kappa shape index (κ1) is 13.1. The van der Waals surface area contributed by atoms with Crippen molar-refractivity contribution in [3.05, 3.63) is 4.88 Å². The molecule has 0 saturated heterocycles. The average Bonchev–Trinajstić information content (AvgIpc) is 2.87. The number of nitrogen functional groups attached to an aromatic ring is 1. The van der Waals surface area contributed by atoms with Gasteiger partial charge in [-0.2, -0.15) is 0 Å². The van der Waals surface area contributed by atoms with Crippen molar-refractivity contribution in [2.75, 3.05) is 31.3 Å². The first-order valence-corrected chi connectivity index (χ1v) is 6.73. The molecule has 4 N–H and O–H groups in total. The summed E-state index contributed by atoms with van der Waals surface area (Å²) in [5.74, 6) is 0.729. The van der Waals surface area contributed by atoms with Crippen LogP contribution in [0, 0.1) is 5.92 Å². The first-order chi connectivity index (χ1) is 8.61. The summed E-state index contributed by atoms with van der Waals surface area (Å²) in [5, 5.41) is 6.65. The van der Waals surface area contributed by atoms with Gasteiger partial charge in [-0.05, 0) is 12.3 Å². The third-order valence-electron chi connectivity index (χ3n) is 2.87. The van der Waals surface area contributed by atoms with Gasteiger partial charge in [0.15, 0.2) is 5.13 Å². The Hall–Kier alpha value is -1.34.